The normalized spacial score (nSPS) is 13.4. The SMILES string of the molecule is CCC(F)CCCC(F)Cc1c(C(=O)O)cccc1-c1cc(F)c(F)c(F)c1. The Hall–Kier alpha value is -2.44. The smallest absolute Gasteiger partial charge is 0.335 e. The molecule has 152 valence electrons. The maximum atomic E-state index is 14.5. The highest BCUT2D eigenvalue weighted by Crippen LogP contribution is 2.31. The van der Waals surface area contributed by atoms with Crippen LogP contribution in [0.25, 0.3) is 11.1 Å². The van der Waals surface area contributed by atoms with E-state index in [1.165, 1.54) is 18.2 Å². The lowest BCUT2D eigenvalue weighted by Crippen LogP contribution is -2.12. The van der Waals surface area contributed by atoms with Crippen LogP contribution in [-0.4, -0.2) is 23.4 Å². The molecule has 0 bridgehead atoms. The van der Waals surface area contributed by atoms with Crippen LogP contribution in [0.5, 0.6) is 0 Å². The fourth-order valence-electron chi connectivity index (χ4n) is 3.08. The van der Waals surface area contributed by atoms with Gasteiger partial charge in [0.15, 0.2) is 17.5 Å². The monoisotopic (exact) mass is 400 g/mol. The summed E-state index contributed by atoms with van der Waals surface area (Å²) in [7, 11) is 0. The number of hydrogen-bond donors (Lipinski definition) is 1. The van der Waals surface area contributed by atoms with Gasteiger partial charge in [-0.15, -0.1) is 0 Å². The molecular weight excluding hydrogens is 379 g/mol. The number of rotatable bonds is 9. The largest absolute Gasteiger partial charge is 0.478 e. The summed E-state index contributed by atoms with van der Waals surface area (Å²) >= 11 is 0. The Morgan fingerprint density at radius 2 is 1.64 bits per heavy atom. The molecule has 0 fully saturated rings. The molecule has 0 heterocycles. The summed E-state index contributed by atoms with van der Waals surface area (Å²) in [4.78, 5) is 11.5. The summed E-state index contributed by atoms with van der Waals surface area (Å²) in [6.07, 6.45) is -1.93. The van der Waals surface area contributed by atoms with Crippen molar-refractivity contribution in [3.8, 4) is 11.1 Å². The molecule has 2 aromatic rings. The fourth-order valence-corrected chi connectivity index (χ4v) is 3.08. The van der Waals surface area contributed by atoms with Crippen LogP contribution in [0.2, 0.25) is 0 Å². The average Bonchev–Trinajstić information content (AvgIpc) is 2.65. The van der Waals surface area contributed by atoms with Gasteiger partial charge in [0.1, 0.15) is 6.17 Å². The summed E-state index contributed by atoms with van der Waals surface area (Å²) in [5.74, 6) is -5.80. The van der Waals surface area contributed by atoms with E-state index in [1.54, 1.807) is 6.92 Å². The van der Waals surface area contributed by atoms with Gasteiger partial charge in [0.05, 0.1) is 11.7 Å². The standard InChI is InChI=1S/C21H21F5O2/c1-2-13(22)5-3-6-14(23)11-17-15(7-4-8-16(17)21(27)28)12-9-18(24)20(26)19(25)10-12/h4,7-10,13-14H,2-3,5-6,11H2,1H3,(H,27,28). The number of benzene rings is 2. The van der Waals surface area contributed by atoms with E-state index in [1.807, 2.05) is 0 Å². The Morgan fingerprint density at radius 1 is 1.04 bits per heavy atom. The molecule has 0 aliphatic carbocycles. The highest BCUT2D eigenvalue weighted by Gasteiger charge is 2.21. The van der Waals surface area contributed by atoms with Crippen molar-refractivity contribution in [1.82, 2.24) is 0 Å². The molecule has 0 aromatic heterocycles. The van der Waals surface area contributed by atoms with E-state index in [-0.39, 0.29) is 41.5 Å². The van der Waals surface area contributed by atoms with Gasteiger partial charge in [0.2, 0.25) is 0 Å². The third-order valence-electron chi connectivity index (χ3n) is 4.60. The van der Waals surface area contributed by atoms with Gasteiger partial charge in [-0.05, 0) is 60.6 Å². The third kappa shape index (κ3) is 5.30. The van der Waals surface area contributed by atoms with Crippen LogP contribution in [-0.2, 0) is 6.42 Å². The second kappa shape index (κ2) is 9.66. The number of aromatic carboxylic acids is 1. The Morgan fingerprint density at radius 3 is 2.21 bits per heavy atom. The zero-order chi connectivity index (χ0) is 20.8. The van der Waals surface area contributed by atoms with Crippen molar-refractivity contribution < 1.29 is 31.9 Å². The predicted molar refractivity (Wildman–Crippen MR) is 96.3 cm³/mol. The molecule has 0 radical (unpaired) electrons. The first-order valence-electron chi connectivity index (χ1n) is 9.02. The van der Waals surface area contributed by atoms with Gasteiger partial charge in [-0.3, -0.25) is 0 Å². The molecule has 2 rings (SSSR count). The molecule has 1 N–H and O–H groups in total. The highest BCUT2D eigenvalue weighted by atomic mass is 19.2. The lowest BCUT2D eigenvalue weighted by Gasteiger charge is -2.16. The minimum absolute atomic E-state index is 0.0277. The number of alkyl halides is 2. The van der Waals surface area contributed by atoms with Gasteiger partial charge in [-0.25, -0.2) is 26.7 Å². The van der Waals surface area contributed by atoms with E-state index in [0.29, 0.717) is 12.8 Å². The Kier molecular flexibility index (Phi) is 7.54. The molecule has 2 atom stereocenters. The maximum absolute atomic E-state index is 14.5. The number of carboxylic acids is 1. The van der Waals surface area contributed by atoms with Crippen LogP contribution in [0, 0.1) is 17.5 Å². The van der Waals surface area contributed by atoms with E-state index >= 15 is 0 Å². The van der Waals surface area contributed by atoms with Crippen molar-refractivity contribution >= 4 is 5.97 Å². The van der Waals surface area contributed by atoms with Crippen molar-refractivity contribution in [2.75, 3.05) is 0 Å². The molecular formula is C21H21F5O2. The number of halogens is 5. The molecule has 7 heteroatoms. The third-order valence-corrected chi connectivity index (χ3v) is 4.60. The minimum Gasteiger partial charge on any atom is -0.478 e. The predicted octanol–water partition coefficient (Wildman–Crippen LogP) is 6.27. The van der Waals surface area contributed by atoms with Crippen LogP contribution >= 0.6 is 0 Å². The van der Waals surface area contributed by atoms with Crippen LogP contribution in [0.3, 0.4) is 0 Å². The van der Waals surface area contributed by atoms with E-state index in [4.69, 9.17) is 0 Å². The van der Waals surface area contributed by atoms with Crippen molar-refractivity contribution in [2.24, 2.45) is 0 Å². The van der Waals surface area contributed by atoms with Gasteiger partial charge >= 0.3 is 5.97 Å². The Labute approximate surface area is 160 Å². The van der Waals surface area contributed by atoms with Crippen LogP contribution in [0.4, 0.5) is 22.0 Å². The molecule has 2 aromatic carbocycles. The maximum Gasteiger partial charge on any atom is 0.335 e. The van der Waals surface area contributed by atoms with Crippen molar-refractivity contribution in [3.05, 3.63) is 58.9 Å². The summed E-state index contributed by atoms with van der Waals surface area (Å²) in [5.41, 5.74) is -0.129. The lowest BCUT2D eigenvalue weighted by molar-refractivity contribution is 0.0695. The molecule has 0 spiro atoms. The quantitative estimate of drug-likeness (QED) is 0.398. The van der Waals surface area contributed by atoms with E-state index < -0.39 is 35.8 Å². The van der Waals surface area contributed by atoms with Crippen molar-refractivity contribution in [1.29, 1.82) is 0 Å². The minimum atomic E-state index is -1.64. The van der Waals surface area contributed by atoms with Crippen LogP contribution in [0.1, 0.15) is 48.5 Å². The molecule has 0 saturated heterocycles. The number of carboxylic acid groups (broad SMARTS) is 1. The second-order valence-corrected chi connectivity index (χ2v) is 6.63. The first kappa shape index (κ1) is 21.9. The first-order valence-corrected chi connectivity index (χ1v) is 9.02. The van der Waals surface area contributed by atoms with E-state index in [2.05, 4.69) is 0 Å². The molecule has 0 amide bonds. The summed E-state index contributed by atoms with van der Waals surface area (Å²) in [6, 6.07) is 5.51. The molecule has 0 aliphatic rings. The van der Waals surface area contributed by atoms with Gasteiger partial charge in [-0.1, -0.05) is 19.1 Å². The molecule has 0 aliphatic heterocycles. The summed E-state index contributed by atoms with van der Waals surface area (Å²) in [6.45, 7) is 1.69. The molecule has 2 unspecified atom stereocenters. The first-order chi connectivity index (χ1) is 13.2. The highest BCUT2D eigenvalue weighted by molar-refractivity contribution is 5.92. The zero-order valence-corrected chi connectivity index (χ0v) is 15.3. The Balaban J connectivity index is 2.35. The van der Waals surface area contributed by atoms with Gasteiger partial charge in [0, 0.05) is 6.42 Å². The van der Waals surface area contributed by atoms with Gasteiger partial charge in [0.25, 0.3) is 0 Å². The lowest BCUT2D eigenvalue weighted by atomic mass is 9.90. The summed E-state index contributed by atoms with van der Waals surface area (Å²) in [5, 5.41) is 9.40. The molecule has 28 heavy (non-hydrogen) atoms. The van der Waals surface area contributed by atoms with E-state index in [9.17, 15) is 31.9 Å². The van der Waals surface area contributed by atoms with Crippen LogP contribution < -0.4 is 0 Å². The zero-order valence-electron chi connectivity index (χ0n) is 15.3. The molecule has 0 saturated carbocycles. The number of carbonyl (C=O) groups is 1. The van der Waals surface area contributed by atoms with E-state index in [0.717, 1.165) is 12.1 Å². The molecule has 2 nitrogen and oxygen atoms in total. The van der Waals surface area contributed by atoms with Crippen molar-refractivity contribution in [2.45, 2.75) is 51.4 Å². The van der Waals surface area contributed by atoms with Gasteiger partial charge < -0.3 is 5.11 Å². The second-order valence-electron chi connectivity index (χ2n) is 6.63. The number of hydrogen-bond acceptors (Lipinski definition) is 1. The Bertz CT molecular complexity index is 815. The summed E-state index contributed by atoms with van der Waals surface area (Å²) < 4.78 is 68.2. The average molecular weight is 400 g/mol. The van der Waals surface area contributed by atoms with Crippen LogP contribution in [0.15, 0.2) is 30.3 Å². The fraction of sp³-hybridized carbons (Fsp3) is 0.381. The van der Waals surface area contributed by atoms with Gasteiger partial charge in [-0.2, -0.15) is 0 Å². The van der Waals surface area contributed by atoms with Crippen molar-refractivity contribution in [3.63, 3.8) is 0 Å². The topological polar surface area (TPSA) is 37.3 Å².